The molecule has 1 aliphatic heterocycles. The second-order valence-electron chi connectivity index (χ2n) is 4.19. The first-order valence-electron chi connectivity index (χ1n) is 5.94. The third-order valence-corrected chi connectivity index (χ3v) is 3.00. The number of hydrogen-bond donors (Lipinski definition) is 2. The molecule has 0 saturated heterocycles. The summed E-state index contributed by atoms with van der Waals surface area (Å²) in [6.45, 7) is 2.04. The molecular formula is C13H17NO4. The molecule has 0 spiro atoms. The van der Waals surface area contributed by atoms with Crippen LogP contribution < -0.4 is 14.8 Å². The Labute approximate surface area is 106 Å². The van der Waals surface area contributed by atoms with Crippen LogP contribution in [-0.4, -0.2) is 30.8 Å². The number of methoxy groups -OCH3 is 1. The second-order valence-corrected chi connectivity index (χ2v) is 4.19. The maximum atomic E-state index is 11.4. The van der Waals surface area contributed by atoms with Gasteiger partial charge in [0.15, 0.2) is 0 Å². The van der Waals surface area contributed by atoms with Crippen LogP contribution in [0.3, 0.4) is 0 Å². The van der Waals surface area contributed by atoms with Gasteiger partial charge in [-0.1, -0.05) is 6.92 Å². The largest absolute Gasteiger partial charge is 0.497 e. The van der Waals surface area contributed by atoms with Crippen LogP contribution in [0.1, 0.15) is 25.0 Å². The van der Waals surface area contributed by atoms with E-state index in [1.54, 1.807) is 32.2 Å². The number of aliphatic hydroxyl groups is 1. The van der Waals surface area contributed by atoms with E-state index in [1.807, 2.05) is 0 Å². The van der Waals surface area contributed by atoms with Gasteiger partial charge in [-0.05, 0) is 18.2 Å². The molecule has 0 bridgehead atoms. The number of carbonyl (C=O) groups excluding carboxylic acids is 1. The van der Waals surface area contributed by atoms with E-state index >= 15 is 0 Å². The molecule has 1 aliphatic rings. The summed E-state index contributed by atoms with van der Waals surface area (Å²) in [5, 5.41) is 13.0. The normalized spacial score (nSPS) is 21.7. The minimum Gasteiger partial charge on any atom is -0.497 e. The predicted octanol–water partition coefficient (Wildman–Crippen LogP) is 1.02. The quantitative estimate of drug-likeness (QED) is 0.841. The minimum absolute atomic E-state index is 0.103. The van der Waals surface area contributed by atoms with Crippen molar-refractivity contribution in [3.8, 4) is 11.5 Å². The zero-order chi connectivity index (χ0) is 13.1. The Morgan fingerprint density at radius 1 is 1.61 bits per heavy atom. The van der Waals surface area contributed by atoms with E-state index in [4.69, 9.17) is 9.47 Å². The number of hydrogen-bond acceptors (Lipinski definition) is 4. The maximum absolute atomic E-state index is 11.4. The Morgan fingerprint density at radius 3 is 3.06 bits per heavy atom. The third kappa shape index (κ3) is 2.41. The van der Waals surface area contributed by atoms with E-state index in [0.29, 0.717) is 23.5 Å². The van der Waals surface area contributed by atoms with Crippen molar-refractivity contribution in [3.63, 3.8) is 0 Å². The molecule has 0 aromatic heterocycles. The molecule has 0 saturated carbocycles. The first-order valence-corrected chi connectivity index (χ1v) is 5.94. The van der Waals surface area contributed by atoms with Crippen molar-refractivity contribution in [2.24, 2.45) is 0 Å². The van der Waals surface area contributed by atoms with Crippen molar-refractivity contribution < 1.29 is 19.4 Å². The number of nitrogens with one attached hydrogen (secondary N) is 1. The first-order chi connectivity index (χ1) is 8.65. The monoisotopic (exact) mass is 251 g/mol. The fraction of sp³-hybridized carbons (Fsp3) is 0.462. The van der Waals surface area contributed by atoms with Gasteiger partial charge in [0.25, 0.3) is 0 Å². The highest BCUT2D eigenvalue weighted by molar-refractivity contribution is 5.76. The zero-order valence-corrected chi connectivity index (χ0v) is 10.5. The highest BCUT2D eigenvalue weighted by Crippen LogP contribution is 2.34. The zero-order valence-electron chi connectivity index (χ0n) is 10.5. The third-order valence-electron chi connectivity index (χ3n) is 3.00. The summed E-state index contributed by atoms with van der Waals surface area (Å²) in [4.78, 5) is 11.4. The summed E-state index contributed by atoms with van der Waals surface area (Å²) >= 11 is 0. The van der Waals surface area contributed by atoms with Gasteiger partial charge < -0.3 is 19.9 Å². The lowest BCUT2D eigenvalue weighted by Gasteiger charge is -2.31. The summed E-state index contributed by atoms with van der Waals surface area (Å²) < 4.78 is 10.6. The number of ether oxygens (including phenoxy) is 2. The van der Waals surface area contributed by atoms with Crippen molar-refractivity contribution in [2.75, 3.05) is 13.7 Å². The van der Waals surface area contributed by atoms with Gasteiger partial charge in [-0.25, -0.2) is 0 Å². The first kappa shape index (κ1) is 12.7. The molecule has 1 amide bonds. The van der Waals surface area contributed by atoms with E-state index in [-0.39, 0.29) is 12.5 Å². The van der Waals surface area contributed by atoms with Crippen molar-refractivity contribution in [3.05, 3.63) is 23.8 Å². The molecule has 1 heterocycles. The fourth-order valence-electron chi connectivity index (χ4n) is 1.93. The van der Waals surface area contributed by atoms with Gasteiger partial charge in [-0.3, -0.25) is 4.79 Å². The van der Waals surface area contributed by atoms with Crippen LogP contribution in [0, 0.1) is 0 Å². The topological polar surface area (TPSA) is 67.8 Å². The summed E-state index contributed by atoms with van der Waals surface area (Å²) in [6, 6.07) is 4.84. The molecule has 0 aliphatic carbocycles. The van der Waals surface area contributed by atoms with Gasteiger partial charge in [0.2, 0.25) is 5.91 Å². The van der Waals surface area contributed by atoms with E-state index in [0.717, 1.165) is 0 Å². The lowest BCUT2D eigenvalue weighted by Crippen LogP contribution is -2.45. The average Bonchev–Trinajstić information content (AvgIpc) is 2.41. The standard InChI is InChI=1S/C13H17NO4/c1-3-12(15)14-10-7-18-11-5-4-8(17-2)6-9(11)13(10)16/h4-6,10,13,16H,3,7H2,1-2H3,(H,14,15)/t10-,13-/m0/s1. The Bertz CT molecular complexity index is 447. The number of fused-ring (bicyclic) bond motifs is 1. The van der Waals surface area contributed by atoms with Crippen LogP contribution in [0.25, 0.3) is 0 Å². The molecule has 1 aromatic carbocycles. The SMILES string of the molecule is CCC(=O)N[C@H]1COc2ccc(OC)cc2[C@@H]1O. The molecule has 5 nitrogen and oxygen atoms in total. The predicted molar refractivity (Wildman–Crippen MR) is 65.7 cm³/mol. The summed E-state index contributed by atoms with van der Waals surface area (Å²) in [7, 11) is 1.56. The lowest BCUT2D eigenvalue weighted by atomic mass is 9.98. The van der Waals surface area contributed by atoms with Crippen LogP contribution >= 0.6 is 0 Å². The van der Waals surface area contributed by atoms with Gasteiger partial charge in [-0.2, -0.15) is 0 Å². The van der Waals surface area contributed by atoms with Crippen LogP contribution in [0.15, 0.2) is 18.2 Å². The fourth-order valence-corrected chi connectivity index (χ4v) is 1.93. The highest BCUT2D eigenvalue weighted by atomic mass is 16.5. The molecule has 0 radical (unpaired) electrons. The molecule has 2 rings (SSSR count). The van der Waals surface area contributed by atoms with E-state index in [2.05, 4.69) is 5.32 Å². The second kappa shape index (κ2) is 5.27. The minimum atomic E-state index is -0.778. The van der Waals surface area contributed by atoms with Gasteiger partial charge in [-0.15, -0.1) is 0 Å². The summed E-state index contributed by atoms with van der Waals surface area (Å²) in [5.74, 6) is 1.18. The van der Waals surface area contributed by atoms with Crippen LogP contribution in [0.2, 0.25) is 0 Å². The Morgan fingerprint density at radius 2 is 2.39 bits per heavy atom. The number of benzene rings is 1. The van der Waals surface area contributed by atoms with E-state index < -0.39 is 12.1 Å². The number of aliphatic hydroxyl groups excluding tert-OH is 1. The molecule has 2 N–H and O–H groups in total. The van der Waals surface area contributed by atoms with Crippen LogP contribution in [-0.2, 0) is 4.79 Å². The molecule has 2 atom stereocenters. The molecule has 1 aromatic rings. The van der Waals surface area contributed by atoms with E-state index in [9.17, 15) is 9.90 Å². The smallest absolute Gasteiger partial charge is 0.220 e. The van der Waals surface area contributed by atoms with Gasteiger partial charge in [0, 0.05) is 12.0 Å². The molecule has 0 unspecified atom stereocenters. The van der Waals surface area contributed by atoms with Crippen molar-refractivity contribution in [1.29, 1.82) is 0 Å². The van der Waals surface area contributed by atoms with Crippen LogP contribution in [0.4, 0.5) is 0 Å². The van der Waals surface area contributed by atoms with Crippen molar-refractivity contribution in [1.82, 2.24) is 5.32 Å². The van der Waals surface area contributed by atoms with Crippen molar-refractivity contribution >= 4 is 5.91 Å². The van der Waals surface area contributed by atoms with E-state index in [1.165, 1.54) is 0 Å². The summed E-state index contributed by atoms with van der Waals surface area (Å²) in [5.41, 5.74) is 0.641. The number of carbonyl (C=O) groups is 1. The molecule has 98 valence electrons. The van der Waals surface area contributed by atoms with Crippen molar-refractivity contribution in [2.45, 2.75) is 25.5 Å². The molecular weight excluding hydrogens is 234 g/mol. The average molecular weight is 251 g/mol. The molecule has 0 fully saturated rings. The molecule has 18 heavy (non-hydrogen) atoms. The van der Waals surface area contributed by atoms with Gasteiger partial charge in [0.1, 0.15) is 24.2 Å². The number of rotatable bonds is 3. The molecule has 5 heteroatoms. The van der Waals surface area contributed by atoms with Gasteiger partial charge >= 0.3 is 0 Å². The Hall–Kier alpha value is -1.75. The maximum Gasteiger partial charge on any atom is 0.220 e. The number of amides is 1. The lowest BCUT2D eigenvalue weighted by molar-refractivity contribution is -0.123. The highest BCUT2D eigenvalue weighted by Gasteiger charge is 2.30. The Kier molecular flexibility index (Phi) is 3.72. The van der Waals surface area contributed by atoms with Gasteiger partial charge in [0.05, 0.1) is 13.2 Å². The van der Waals surface area contributed by atoms with Crippen LogP contribution in [0.5, 0.6) is 11.5 Å². The summed E-state index contributed by atoms with van der Waals surface area (Å²) in [6.07, 6.45) is -0.395. The Balaban J connectivity index is 2.20.